The monoisotopic (exact) mass is 191 g/mol. The highest BCUT2D eigenvalue weighted by Gasteiger charge is 2.07. The molecule has 0 saturated carbocycles. The van der Waals surface area contributed by atoms with Crippen molar-refractivity contribution in [3.63, 3.8) is 0 Å². The molecule has 0 bridgehead atoms. The smallest absolute Gasteiger partial charge is 0.242 e. The van der Waals surface area contributed by atoms with Crippen LogP contribution in [-0.2, 0) is 6.42 Å². The molecule has 0 aromatic heterocycles. The van der Waals surface area contributed by atoms with Gasteiger partial charge in [-0.05, 0) is 23.8 Å². The van der Waals surface area contributed by atoms with Crippen LogP contribution in [0.5, 0.6) is 0 Å². The molecule has 66 valence electrons. The van der Waals surface area contributed by atoms with Crippen LogP contribution in [0.15, 0.2) is 18.2 Å². The predicted molar refractivity (Wildman–Crippen MR) is 45.6 cm³/mol. The quantitative estimate of drug-likeness (QED) is 0.715. The summed E-state index contributed by atoms with van der Waals surface area (Å²) in [7, 11) is 0. The standard InChI is InChI=1S/C8H8ClF2N/c9-7-2-1-6(12)3-5(7)4-8(10)11/h1-3,8H,4,12H2. The molecule has 0 fully saturated rings. The van der Waals surface area contributed by atoms with E-state index in [9.17, 15) is 8.78 Å². The molecule has 0 unspecified atom stereocenters. The summed E-state index contributed by atoms with van der Waals surface area (Å²) < 4.78 is 23.9. The van der Waals surface area contributed by atoms with Crippen LogP contribution >= 0.6 is 11.6 Å². The molecule has 0 aliphatic carbocycles. The second kappa shape index (κ2) is 3.72. The van der Waals surface area contributed by atoms with Crippen molar-refractivity contribution in [2.75, 3.05) is 5.73 Å². The van der Waals surface area contributed by atoms with Gasteiger partial charge in [0.25, 0.3) is 0 Å². The Balaban J connectivity index is 2.90. The molecule has 4 heteroatoms. The second-order valence-corrected chi connectivity index (χ2v) is 2.85. The zero-order valence-corrected chi connectivity index (χ0v) is 6.98. The van der Waals surface area contributed by atoms with E-state index in [-0.39, 0.29) is 6.42 Å². The van der Waals surface area contributed by atoms with Gasteiger partial charge in [0.2, 0.25) is 6.43 Å². The summed E-state index contributed by atoms with van der Waals surface area (Å²) in [6.07, 6.45) is -2.73. The van der Waals surface area contributed by atoms with Crippen molar-refractivity contribution >= 4 is 17.3 Å². The van der Waals surface area contributed by atoms with Crippen LogP contribution in [-0.4, -0.2) is 6.43 Å². The van der Waals surface area contributed by atoms with Gasteiger partial charge in [-0.3, -0.25) is 0 Å². The van der Waals surface area contributed by atoms with Crippen molar-refractivity contribution < 1.29 is 8.78 Å². The number of hydrogen-bond donors (Lipinski definition) is 1. The Morgan fingerprint density at radius 2 is 2.08 bits per heavy atom. The minimum absolute atomic E-state index is 0.338. The molecule has 1 rings (SSSR count). The zero-order valence-electron chi connectivity index (χ0n) is 6.23. The number of anilines is 1. The third-order valence-corrected chi connectivity index (χ3v) is 1.81. The summed E-state index contributed by atoms with van der Waals surface area (Å²) in [6.45, 7) is 0. The fourth-order valence-corrected chi connectivity index (χ4v) is 1.11. The Kier molecular flexibility index (Phi) is 2.87. The Morgan fingerprint density at radius 3 is 2.67 bits per heavy atom. The zero-order chi connectivity index (χ0) is 9.14. The second-order valence-electron chi connectivity index (χ2n) is 2.45. The van der Waals surface area contributed by atoms with E-state index in [4.69, 9.17) is 17.3 Å². The van der Waals surface area contributed by atoms with Crippen LogP contribution < -0.4 is 5.73 Å². The van der Waals surface area contributed by atoms with Gasteiger partial charge in [0, 0.05) is 17.1 Å². The van der Waals surface area contributed by atoms with Gasteiger partial charge in [-0.15, -0.1) is 0 Å². The molecule has 1 aromatic rings. The summed E-state index contributed by atoms with van der Waals surface area (Å²) in [4.78, 5) is 0. The Morgan fingerprint density at radius 1 is 1.42 bits per heavy atom. The van der Waals surface area contributed by atoms with Gasteiger partial charge in [-0.2, -0.15) is 0 Å². The van der Waals surface area contributed by atoms with Crippen molar-refractivity contribution in [3.8, 4) is 0 Å². The molecular weight excluding hydrogens is 184 g/mol. The lowest BCUT2D eigenvalue weighted by Gasteiger charge is -2.03. The SMILES string of the molecule is Nc1ccc(Cl)c(CC(F)F)c1. The van der Waals surface area contributed by atoms with E-state index >= 15 is 0 Å². The molecule has 2 N–H and O–H groups in total. The van der Waals surface area contributed by atoms with Crippen LogP contribution in [0, 0.1) is 0 Å². The number of nitrogen functional groups attached to an aromatic ring is 1. The number of alkyl halides is 2. The maximum absolute atomic E-state index is 11.9. The number of benzene rings is 1. The van der Waals surface area contributed by atoms with Crippen LogP contribution in [0.4, 0.5) is 14.5 Å². The lowest BCUT2D eigenvalue weighted by Crippen LogP contribution is -1.98. The molecule has 0 amide bonds. The fraction of sp³-hybridized carbons (Fsp3) is 0.250. The van der Waals surface area contributed by atoms with Gasteiger partial charge in [-0.25, -0.2) is 8.78 Å². The van der Waals surface area contributed by atoms with E-state index in [1.807, 2.05) is 0 Å². The first kappa shape index (κ1) is 9.26. The number of hydrogen-bond acceptors (Lipinski definition) is 1. The molecule has 0 aliphatic heterocycles. The molecule has 0 heterocycles. The van der Waals surface area contributed by atoms with Crippen LogP contribution in [0.2, 0.25) is 5.02 Å². The lowest BCUT2D eigenvalue weighted by molar-refractivity contribution is 0.149. The van der Waals surface area contributed by atoms with E-state index in [1.54, 1.807) is 6.07 Å². The van der Waals surface area contributed by atoms with Gasteiger partial charge < -0.3 is 5.73 Å². The van der Waals surface area contributed by atoms with E-state index in [1.165, 1.54) is 12.1 Å². The summed E-state index contributed by atoms with van der Waals surface area (Å²) in [5, 5.41) is 0.338. The first-order valence-electron chi connectivity index (χ1n) is 3.41. The number of rotatable bonds is 2. The predicted octanol–water partition coefficient (Wildman–Crippen LogP) is 2.73. The third kappa shape index (κ3) is 2.34. The summed E-state index contributed by atoms with van der Waals surface area (Å²) in [5.41, 5.74) is 6.25. The normalized spacial score (nSPS) is 10.7. The first-order chi connectivity index (χ1) is 5.59. The molecule has 0 saturated heterocycles. The highest BCUT2D eigenvalue weighted by molar-refractivity contribution is 6.31. The van der Waals surface area contributed by atoms with Crippen molar-refractivity contribution in [2.45, 2.75) is 12.8 Å². The van der Waals surface area contributed by atoms with Gasteiger partial charge in [0.05, 0.1) is 0 Å². The van der Waals surface area contributed by atoms with Gasteiger partial charge in [0.15, 0.2) is 0 Å². The highest BCUT2D eigenvalue weighted by Crippen LogP contribution is 2.21. The molecular formula is C8H8ClF2N. The molecule has 0 atom stereocenters. The molecule has 12 heavy (non-hydrogen) atoms. The Hall–Kier alpha value is -0.830. The fourth-order valence-electron chi connectivity index (χ4n) is 0.917. The summed E-state index contributed by atoms with van der Waals surface area (Å²) >= 11 is 5.65. The van der Waals surface area contributed by atoms with Crippen LogP contribution in [0.25, 0.3) is 0 Å². The van der Waals surface area contributed by atoms with Gasteiger partial charge >= 0.3 is 0 Å². The molecule has 0 spiro atoms. The van der Waals surface area contributed by atoms with Crippen molar-refractivity contribution in [1.29, 1.82) is 0 Å². The minimum atomic E-state index is -2.38. The van der Waals surface area contributed by atoms with Crippen molar-refractivity contribution in [1.82, 2.24) is 0 Å². The Labute approximate surface area is 74.1 Å². The molecule has 1 aromatic carbocycles. The average Bonchev–Trinajstić information content (AvgIpc) is 1.96. The first-order valence-corrected chi connectivity index (χ1v) is 3.79. The molecule has 1 nitrogen and oxygen atoms in total. The summed E-state index contributed by atoms with van der Waals surface area (Å²) in [6, 6.07) is 4.57. The average molecular weight is 192 g/mol. The highest BCUT2D eigenvalue weighted by atomic mass is 35.5. The van der Waals surface area contributed by atoms with Crippen LogP contribution in [0.1, 0.15) is 5.56 Å². The maximum Gasteiger partial charge on any atom is 0.242 e. The number of halogens is 3. The lowest BCUT2D eigenvalue weighted by atomic mass is 10.1. The maximum atomic E-state index is 11.9. The van der Waals surface area contributed by atoms with Gasteiger partial charge in [-0.1, -0.05) is 11.6 Å². The Bertz CT molecular complexity index is 276. The van der Waals surface area contributed by atoms with Crippen molar-refractivity contribution in [2.24, 2.45) is 0 Å². The number of nitrogens with two attached hydrogens (primary N) is 1. The minimum Gasteiger partial charge on any atom is -0.399 e. The largest absolute Gasteiger partial charge is 0.399 e. The third-order valence-electron chi connectivity index (χ3n) is 1.44. The molecule has 0 aliphatic rings. The molecule has 0 radical (unpaired) electrons. The van der Waals surface area contributed by atoms with E-state index in [0.717, 1.165) is 0 Å². The van der Waals surface area contributed by atoms with Crippen molar-refractivity contribution in [3.05, 3.63) is 28.8 Å². The topological polar surface area (TPSA) is 26.0 Å². The van der Waals surface area contributed by atoms with E-state index in [2.05, 4.69) is 0 Å². The van der Waals surface area contributed by atoms with E-state index in [0.29, 0.717) is 16.3 Å². The van der Waals surface area contributed by atoms with Gasteiger partial charge in [0.1, 0.15) is 0 Å². The van der Waals surface area contributed by atoms with Crippen LogP contribution in [0.3, 0.4) is 0 Å². The summed E-state index contributed by atoms with van der Waals surface area (Å²) in [5.74, 6) is 0. The van der Waals surface area contributed by atoms with E-state index < -0.39 is 6.43 Å².